The fourth-order valence-corrected chi connectivity index (χ4v) is 0.774. The van der Waals surface area contributed by atoms with Crippen molar-refractivity contribution in [1.82, 2.24) is 0 Å². The van der Waals surface area contributed by atoms with Crippen molar-refractivity contribution >= 4 is 12.4 Å². The number of furan rings is 1. The Balaban J connectivity index is 2.38. The largest absolute Gasteiger partial charge is 0.465 e. The van der Waals surface area contributed by atoms with Gasteiger partial charge >= 0.3 is 0 Å². The molecule has 0 radical (unpaired) electrons. The highest BCUT2D eigenvalue weighted by atomic mass is 16.3. The van der Waals surface area contributed by atoms with Crippen LogP contribution in [0.3, 0.4) is 0 Å². The Bertz CT molecular complexity index is 316. The zero-order valence-electron chi connectivity index (χ0n) is 7.09. The van der Waals surface area contributed by atoms with Gasteiger partial charge in [0.15, 0.2) is 0 Å². The van der Waals surface area contributed by atoms with Gasteiger partial charge in [0, 0.05) is 0 Å². The van der Waals surface area contributed by atoms with Crippen LogP contribution < -0.4 is 0 Å². The lowest BCUT2D eigenvalue weighted by molar-refractivity contribution is -0.104. The summed E-state index contributed by atoms with van der Waals surface area (Å²) in [5.74, 6) is 0.809. The van der Waals surface area contributed by atoms with Gasteiger partial charge in [0.05, 0.1) is 6.26 Å². The van der Waals surface area contributed by atoms with E-state index in [0.717, 1.165) is 12.0 Å². The number of aldehydes is 1. The van der Waals surface area contributed by atoms with Gasteiger partial charge in [-0.25, -0.2) is 0 Å². The van der Waals surface area contributed by atoms with Crippen molar-refractivity contribution in [3.63, 3.8) is 0 Å². The number of hydrogen-bond donors (Lipinski definition) is 0. The summed E-state index contributed by atoms with van der Waals surface area (Å²) in [4.78, 5) is 9.87. The zero-order valence-corrected chi connectivity index (χ0v) is 7.09. The summed E-state index contributed by atoms with van der Waals surface area (Å²) in [5, 5.41) is 0. The van der Waals surface area contributed by atoms with E-state index in [4.69, 9.17) is 4.42 Å². The molecule has 2 nitrogen and oxygen atoms in total. The van der Waals surface area contributed by atoms with Crippen LogP contribution in [0.4, 0.5) is 0 Å². The lowest BCUT2D eigenvalue weighted by atomic mass is 10.3. The Morgan fingerprint density at radius 1 is 1.08 bits per heavy atom. The highest BCUT2D eigenvalue weighted by Crippen LogP contribution is 2.01. The third-order valence-corrected chi connectivity index (χ3v) is 1.33. The van der Waals surface area contributed by atoms with Crippen LogP contribution in [0, 0.1) is 0 Å². The van der Waals surface area contributed by atoms with Gasteiger partial charge in [-0.15, -0.1) is 0 Å². The maximum Gasteiger partial charge on any atom is 0.142 e. The second kappa shape index (κ2) is 5.77. The lowest BCUT2D eigenvalue weighted by Gasteiger charge is -1.78. The van der Waals surface area contributed by atoms with E-state index >= 15 is 0 Å². The molecule has 0 bridgehead atoms. The molecule has 0 atom stereocenters. The molecule has 0 amide bonds. The molecule has 13 heavy (non-hydrogen) atoms. The van der Waals surface area contributed by atoms with Crippen LogP contribution in [0.2, 0.25) is 0 Å². The first kappa shape index (κ1) is 9.26. The van der Waals surface area contributed by atoms with Crippen LogP contribution in [-0.2, 0) is 4.79 Å². The molecule has 0 fully saturated rings. The van der Waals surface area contributed by atoms with Gasteiger partial charge < -0.3 is 4.42 Å². The average molecular weight is 174 g/mol. The molecule has 0 saturated heterocycles. The number of carbonyl (C=O) groups is 1. The summed E-state index contributed by atoms with van der Waals surface area (Å²) < 4.78 is 5.07. The molecule has 1 rings (SSSR count). The summed E-state index contributed by atoms with van der Waals surface area (Å²) in [6.45, 7) is 0. The predicted molar refractivity (Wildman–Crippen MR) is 52.1 cm³/mol. The molecule has 0 N–H and O–H groups in total. The second-order valence-corrected chi connectivity index (χ2v) is 2.28. The van der Waals surface area contributed by atoms with Crippen molar-refractivity contribution in [2.24, 2.45) is 0 Å². The fraction of sp³-hybridized carbons (Fsp3) is 0. The topological polar surface area (TPSA) is 30.2 Å². The zero-order chi connectivity index (χ0) is 9.36. The maximum atomic E-state index is 9.87. The SMILES string of the molecule is O=C/C=C/C=C/C=C/c1ccco1. The number of allylic oxidation sites excluding steroid dienone is 5. The van der Waals surface area contributed by atoms with Gasteiger partial charge in [-0.3, -0.25) is 4.79 Å². The Kier molecular flexibility index (Phi) is 4.11. The molecule has 0 unspecified atom stereocenters. The van der Waals surface area contributed by atoms with Gasteiger partial charge in [-0.05, 0) is 24.3 Å². The minimum atomic E-state index is 0.737. The molecule has 0 spiro atoms. The van der Waals surface area contributed by atoms with E-state index in [1.165, 1.54) is 6.08 Å². The molecule has 1 aromatic rings. The van der Waals surface area contributed by atoms with E-state index in [2.05, 4.69) is 0 Å². The van der Waals surface area contributed by atoms with Gasteiger partial charge in [0.25, 0.3) is 0 Å². The summed E-state index contributed by atoms with van der Waals surface area (Å²) in [6, 6.07) is 3.70. The first-order valence-electron chi connectivity index (χ1n) is 3.92. The van der Waals surface area contributed by atoms with Crippen molar-refractivity contribution in [1.29, 1.82) is 0 Å². The first-order valence-corrected chi connectivity index (χ1v) is 3.92. The first-order chi connectivity index (χ1) is 6.43. The Morgan fingerprint density at radius 2 is 1.85 bits per heavy atom. The van der Waals surface area contributed by atoms with E-state index < -0.39 is 0 Å². The molecule has 66 valence electrons. The van der Waals surface area contributed by atoms with Crippen molar-refractivity contribution < 1.29 is 9.21 Å². The molecular weight excluding hydrogens is 164 g/mol. The quantitative estimate of drug-likeness (QED) is 0.399. The Labute approximate surface area is 76.9 Å². The van der Waals surface area contributed by atoms with Crippen LogP contribution in [-0.4, -0.2) is 6.29 Å². The van der Waals surface area contributed by atoms with Crippen LogP contribution >= 0.6 is 0 Å². The van der Waals surface area contributed by atoms with Gasteiger partial charge in [-0.2, -0.15) is 0 Å². The van der Waals surface area contributed by atoms with Crippen LogP contribution in [0.1, 0.15) is 5.76 Å². The molecule has 0 aromatic carbocycles. The molecular formula is C11H10O2. The Morgan fingerprint density at radius 3 is 2.54 bits per heavy atom. The molecule has 1 heterocycles. The number of carbonyl (C=O) groups excluding carboxylic acids is 1. The third-order valence-electron chi connectivity index (χ3n) is 1.33. The van der Waals surface area contributed by atoms with Crippen molar-refractivity contribution in [3.05, 3.63) is 54.5 Å². The standard InChI is InChI=1S/C11H10O2/c12-9-5-3-1-2-4-7-11-8-6-10-13-11/h1-10H/b2-1+,5-3+,7-4+. The second-order valence-electron chi connectivity index (χ2n) is 2.28. The minimum absolute atomic E-state index is 0.737. The maximum absolute atomic E-state index is 9.87. The monoisotopic (exact) mass is 174 g/mol. The fourth-order valence-electron chi connectivity index (χ4n) is 0.774. The number of hydrogen-bond acceptors (Lipinski definition) is 2. The molecule has 1 aromatic heterocycles. The van der Waals surface area contributed by atoms with Crippen molar-refractivity contribution in [3.8, 4) is 0 Å². The van der Waals surface area contributed by atoms with Crippen LogP contribution in [0.15, 0.2) is 53.2 Å². The minimum Gasteiger partial charge on any atom is -0.465 e. The summed E-state index contributed by atoms with van der Waals surface area (Å²) in [5.41, 5.74) is 0. The third kappa shape index (κ3) is 3.91. The van der Waals surface area contributed by atoms with E-state index in [1.54, 1.807) is 18.4 Å². The van der Waals surface area contributed by atoms with Gasteiger partial charge in [0.1, 0.15) is 12.0 Å². The summed E-state index contributed by atoms with van der Waals surface area (Å²) in [6.07, 6.45) is 12.7. The van der Waals surface area contributed by atoms with E-state index in [9.17, 15) is 4.79 Å². The van der Waals surface area contributed by atoms with Gasteiger partial charge in [0.2, 0.25) is 0 Å². The highest BCUT2D eigenvalue weighted by Gasteiger charge is 1.83. The summed E-state index contributed by atoms with van der Waals surface area (Å²) in [7, 11) is 0. The van der Waals surface area contributed by atoms with Crippen LogP contribution in [0.25, 0.3) is 6.08 Å². The molecule has 0 aliphatic rings. The van der Waals surface area contributed by atoms with Gasteiger partial charge in [-0.1, -0.05) is 24.3 Å². The summed E-state index contributed by atoms with van der Waals surface area (Å²) >= 11 is 0. The van der Waals surface area contributed by atoms with E-state index in [0.29, 0.717) is 0 Å². The number of rotatable bonds is 4. The Hall–Kier alpha value is -1.83. The smallest absolute Gasteiger partial charge is 0.142 e. The van der Waals surface area contributed by atoms with E-state index in [1.807, 2.05) is 30.4 Å². The average Bonchev–Trinajstić information content (AvgIpc) is 2.63. The van der Waals surface area contributed by atoms with Crippen LogP contribution in [0.5, 0.6) is 0 Å². The molecule has 2 heteroatoms. The highest BCUT2D eigenvalue weighted by molar-refractivity contribution is 5.65. The van der Waals surface area contributed by atoms with Crippen molar-refractivity contribution in [2.75, 3.05) is 0 Å². The molecule has 0 aliphatic carbocycles. The lowest BCUT2D eigenvalue weighted by Crippen LogP contribution is -1.58. The molecule has 0 aliphatic heterocycles. The van der Waals surface area contributed by atoms with Crippen molar-refractivity contribution in [2.45, 2.75) is 0 Å². The van der Waals surface area contributed by atoms with E-state index in [-0.39, 0.29) is 0 Å². The normalized spacial score (nSPS) is 12.0. The molecule has 0 saturated carbocycles. The predicted octanol–water partition coefficient (Wildman–Crippen LogP) is 2.60.